The monoisotopic (exact) mass is 346 g/mol. The van der Waals surface area contributed by atoms with Gasteiger partial charge in [0, 0.05) is 37.6 Å². The van der Waals surface area contributed by atoms with Crippen LogP contribution in [0.25, 0.3) is 0 Å². The van der Waals surface area contributed by atoms with Crippen LogP contribution in [0, 0.1) is 0 Å². The Morgan fingerprint density at radius 2 is 2.16 bits per heavy atom. The topological polar surface area (TPSA) is 83.6 Å². The fourth-order valence-electron chi connectivity index (χ4n) is 3.44. The van der Waals surface area contributed by atoms with E-state index in [1.807, 2.05) is 6.07 Å². The van der Waals surface area contributed by atoms with Crippen LogP contribution in [0.2, 0.25) is 0 Å². The first kappa shape index (κ1) is 17.8. The van der Waals surface area contributed by atoms with Gasteiger partial charge in [-0.15, -0.1) is 0 Å². The van der Waals surface area contributed by atoms with Crippen molar-refractivity contribution in [3.8, 4) is 0 Å². The van der Waals surface area contributed by atoms with Crippen LogP contribution < -0.4 is 10.6 Å². The number of likely N-dealkylation sites (tertiary alicyclic amines) is 1. The second kappa shape index (κ2) is 7.93. The highest BCUT2D eigenvalue weighted by Gasteiger charge is 2.37. The van der Waals surface area contributed by atoms with Gasteiger partial charge in [-0.25, -0.2) is 0 Å². The van der Waals surface area contributed by atoms with Gasteiger partial charge in [0.15, 0.2) is 6.10 Å². The lowest BCUT2D eigenvalue weighted by Crippen LogP contribution is -2.55. The summed E-state index contributed by atoms with van der Waals surface area (Å²) >= 11 is 0. The molecule has 2 fully saturated rings. The summed E-state index contributed by atoms with van der Waals surface area (Å²) in [5.41, 5.74) is 0.769. The van der Waals surface area contributed by atoms with E-state index >= 15 is 0 Å². The average molecular weight is 346 g/mol. The molecule has 2 aliphatic rings. The summed E-state index contributed by atoms with van der Waals surface area (Å²) in [5.74, 6) is -0.389. The Hall–Kier alpha value is -1.99. The maximum atomic E-state index is 12.8. The van der Waals surface area contributed by atoms with E-state index in [4.69, 9.17) is 4.74 Å². The third-order valence-electron chi connectivity index (χ3n) is 4.92. The predicted molar refractivity (Wildman–Crippen MR) is 92.7 cm³/mol. The van der Waals surface area contributed by atoms with Gasteiger partial charge in [0.1, 0.15) is 6.61 Å². The highest BCUT2D eigenvalue weighted by Crippen LogP contribution is 2.23. The van der Waals surface area contributed by atoms with Crippen molar-refractivity contribution in [3.05, 3.63) is 30.1 Å². The summed E-state index contributed by atoms with van der Waals surface area (Å²) in [7, 11) is 0. The number of nitrogens with zero attached hydrogens (tertiary/aromatic N) is 2. The van der Waals surface area contributed by atoms with Gasteiger partial charge < -0.3 is 20.3 Å². The minimum Gasteiger partial charge on any atom is -0.356 e. The Balaban J connectivity index is 1.63. The van der Waals surface area contributed by atoms with Crippen molar-refractivity contribution in [3.63, 3.8) is 0 Å². The van der Waals surface area contributed by atoms with E-state index in [1.165, 1.54) is 0 Å². The fourth-order valence-corrected chi connectivity index (χ4v) is 3.44. The Kier molecular flexibility index (Phi) is 5.65. The van der Waals surface area contributed by atoms with Gasteiger partial charge in [-0.1, -0.05) is 6.07 Å². The standard InChI is InChI=1S/C18H26N4O3/c1-12(2)22-8-5-14(6-9-22)20-18(24)17-16(21-15(23)11-25-17)13-4-3-7-19-10-13/h3-4,7,10,12,14,16-17H,5-6,8-9,11H2,1-2H3,(H,20,24)(H,21,23)/t16-,17+/m1/s1. The first-order valence-electron chi connectivity index (χ1n) is 8.90. The van der Waals surface area contributed by atoms with E-state index in [0.29, 0.717) is 6.04 Å². The second-order valence-electron chi connectivity index (χ2n) is 6.98. The van der Waals surface area contributed by atoms with Crippen LogP contribution >= 0.6 is 0 Å². The van der Waals surface area contributed by atoms with Crippen molar-refractivity contribution >= 4 is 11.8 Å². The van der Waals surface area contributed by atoms with Gasteiger partial charge in [-0.3, -0.25) is 14.6 Å². The predicted octanol–water partition coefficient (Wildman–Crippen LogP) is 0.627. The molecule has 2 amide bonds. The molecule has 0 saturated carbocycles. The second-order valence-corrected chi connectivity index (χ2v) is 6.98. The molecule has 0 unspecified atom stereocenters. The lowest BCUT2D eigenvalue weighted by molar-refractivity contribution is -0.148. The zero-order valence-electron chi connectivity index (χ0n) is 14.8. The van der Waals surface area contributed by atoms with Gasteiger partial charge in [0.2, 0.25) is 5.91 Å². The van der Waals surface area contributed by atoms with Crippen LogP contribution in [0.4, 0.5) is 0 Å². The number of carbonyl (C=O) groups excluding carboxylic acids is 2. The molecular weight excluding hydrogens is 320 g/mol. The molecule has 1 aromatic rings. The molecule has 0 bridgehead atoms. The molecule has 2 atom stereocenters. The molecule has 136 valence electrons. The number of morpholine rings is 1. The summed E-state index contributed by atoms with van der Waals surface area (Å²) in [4.78, 5) is 31.0. The van der Waals surface area contributed by atoms with Crippen molar-refractivity contribution in [2.75, 3.05) is 19.7 Å². The minimum atomic E-state index is -0.731. The number of hydrogen-bond donors (Lipinski definition) is 2. The van der Waals surface area contributed by atoms with Crippen molar-refractivity contribution < 1.29 is 14.3 Å². The Bertz CT molecular complexity index is 600. The van der Waals surface area contributed by atoms with Gasteiger partial charge in [0.25, 0.3) is 5.91 Å². The summed E-state index contributed by atoms with van der Waals surface area (Å²) < 4.78 is 5.56. The van der Waals surface area contributed by atoms with Crippen LogP contribution in [-0.2, 0) is 14.3 Å². The Morgan fingerprint density at radius 1 is 1.40 bits per heavy atom. The number of amides is 2. The van der Waals surface area contributed by atoms with Crippen molar-refractivity contribution in [1.82, 2.24) is 20.5 Å². The number of pyridine rings is 1. The summed E-state index contributed by atoms with van der Waals surface area (Å²) in [6, 6.07) is 3.80. The van der Waals surface area contributed by atoms with E-state index in [9.17, 15) is 9.59 Å². The van der Waals surface area contributed by atoms with Gasteiger partial charge >= 0.3 is 0 Å². The van der Waals surface area contributed by atoms with E-state index in [-0.39, 0.29) is 24.5 Å². The lowest BCUT2D eigenvalue weighted by atomic mass is 9.99. The van der Waals surface area contributed by atoms with Crippen molar-refractivity contribution in [2.24, 2.45) is 0 Å². The quantitative estimate of drug-likeness (QED) is 0.835. The first-order valence-corrected chi connectivity index (χ1v) is 8.90. The SMILES string of the molecule is CC(C)N1CCC(NC(=O)[C@H]2OCC(=O)N[C@@H]2c2cccnc2)CC1. The van der Waals surface area contributed by atoms with Gasteiger partial charge in [-0.2, -0.15) is 0 Å². The summed E-state index contributed by atoms with van der Waals surface area (Å²) in [6.45, 7) is 6.25. The molecule has 2 saturated heterocycles. The number of rotatable bonds is 4. The van der Waals surface area contributed by atoms with Gasteiger partial charge in [0.05, 0.1) is 6.04 Å². The maximum Gasteiger partial charge on any atom is 0.251 e. The zero-order chi connectivity index (χ0) is 17.8. The minimum absolute atomic E-state index is 0.0966. The summed E-state index contributed by atoms with van der Waals surface area (Å²) in [5, 5.41) is 5.95. The molecule has 7 nitrogen and oxygen atoms in total. The molecular formula is C18H26N4O3. The molecule has 2 N–H and O–H groups in total. The lowest BCUT2D eigenvalue weighted by Gasteiger charge is -2.36. The average Bonchev–Trinajstić information content (AvgIpc) is 2.62. The smallest absolute Gasteiger partial charge is 0.251 e. The molecule has 3 heterocycles. The molecule has 25 heavy (non-hydrogen) atoms. The molecule has 0 radical (unpaired) electrons. The zero-order valence-corrected chi connectivity index (χ0v) is 14.8. The molecule has 0 spiro atoms. The molecule has 7 heteroatoms. The number of piperidine rings is 1. The van der Waals surface area contributed by atoms with E-state index in [0.717, 1.165) is 31.5 Å². The number of carbonyl (C=O) groups is 2. The molecule has 0 aromatic carbocycles. The first-order chi connectivity index (χ1) is 12.0. The van der Waals surface area contributed by atoms with E-state index < -0.39 is 12.1 Å². The number of hydrogen-bond acceptors (Lipinski definition) is 5. The van der Waals surface area contributed by atoms with E-state index in [1.54, 1.807) is 18.5 Å². The largest absolute Gasteiger partial charge is 0.356 e. The molecule has 3 rings (SSSR count). The Morgan fingerprint density at radius 3 is 2.80 bits per heavy atom. The number of nitrogens with one attached hydrogen (secondary N) is 2. The van der Waals surface area contributed by atoms with Crippen LogP contribution in [0.15, 0.2) is 24.5 Å². The number of ether oxygens (including phenoxy) is 1. The highest BCUT2D eigenvalue weighted by atomic mass is 16.5. The molecule has 2 aliphatic heterocycles. The van der Waals surface area contributed by atoms with E-state index in [2.05, 4.69) is 34.4 Å². The van der Waals surface area contributed by atoms with Crippen molar-refractivity contribution in [1.29, 1.82) is 0 Å². The Labute approximate surface area is 148 Å². The molecule has 1 aromatic heterocycles. The summed E-state index contributed by atoms with van der Waals surface area (Å²) in [6.07, 6.45) is 4.44. The normalized spacial score (nSPS) is 25.6. The van der Waals surface area contributed by atoms with Crippen LogP contribution in [-0.4, -0.2) is 59.6 Å². The third kappa shape index (κ3) is 4.35. The maximum absolute atomic E-state index is 12.8. The van der Waals surface area contributed by atoms with Crippen molar-refractivity contribution in [2.45, 2.75) is 50.9 Å². The number of aromatic nitrogens is 1. The van der Waals surface area contributed by atoms with Crippen LogP contribution in [0.3, 0.4) is 0 Å². The van der Waals surface area contributed by atoms with Crippen LogP contribution in [0.5, 0.6) is 0 Å². The van der Waals surface area contributed by atoms with Crippen LogP contribution in [0.1, 0.15) is 38.3 Å². The third-order valence-corrected chi connectivity index (χ3v) is 4.92. The molecule has 0 aliphatic carbocycles. The fraction of sp³-hybridized carbons (Fsp3) is 0.611. The van der Waals surface area contributed by atoms with Gasteiger partial charge in [-0.05, 0) is 38.3 Å². The highest BCUT2D eigenvalue weighted by molar-refractivity contribution is 5.86.